The van der Waals surface area contributed by atoms with Gasteiger partial charge in [0.1, 0.15) is 0 Å². The molecule has 0 radical (unpaired) electrons. The molecule has 0 aliphatic rings. The van der Waals surface area contributed by atoms with Gasteiger partial charge in [0, 0.05) is 19.5 Å². The predicted octanol–water partition coefficient (Wildman–Crippen LogP) is 0.753. The fourth-order valence-electron chi connectivity index (χ4n) is 2.02. The lowest BCUT2D eigenvalue weighted by Crippen LogP contribution is -2.44. The number of amides is 1. The van der Waals surface area contributed by atoms with Crippen LogP contribution in [0.5, 0.6) is 0 Å². The van der Waals surface area contributed by atoms with Crippen LogP contribution in [0.3, 0.4) is 0 Å². The maximum absolute atomic E-state index is 11.9. The summed E-state index contributed by atoms with van der Waals surface area (Å²) in [5, 5.41) is 2.84. The number of esters is 1. The number of nitrogens with one attached hydrogen (secondary N) is 1. The molecule has 0 aromatic heterocycles. The highest BCUT2D eigenvalue weighted by molar-refractivity contribution is 5.78. The van der Waals surface area contributed by atoms with Crippen LogP contribution in [0.2, 0.25) is 0 Å². The minimum absolute atomic E-state index is 0.000331. The number of rotatable bonds is 11. The summed E-state index contributed by atoms with van der Waals surface area (Å²) >= 11 is 0. The summed E-state index contributed by atoms with van der Waals surface area (Å²) in [6, 6.07) is 0. The van der Waals surface area contributed by atoms with Crippen molar-refractivity contribution in [1.29, 1.82) is 0 Å². The summed E-state index contributed by atoms with van der Waals surface area (Å²) < 4.78 is 4.55. The van der Waals surface area contributed by atoms with Gasteiger partial charge in [0.25, 0.3) is 0 Å². The lowest BCUT2D eigenvalue weighted by molar-refractivity contribution is -0.140. The second kappa shape index (κ2) is 10.6. The van der Waals surface area contributed by atoms with E-state index in [4.69, 9.17) is 5.73 Å². The Morgan fingerprint density at radius 2 is 2.00 bits per heavy atom. The van der Waals surface area contributed by atoms with E-state index < -0.39 is 0 Å². The third-order valence-corrected chi connectivity index (χ3v) is 3.22. The van der Waals surface area contributed by atoms with Crippen molar-refractivity contribution in [1.82, 2.24) is 10.2 Å². The zero-order chi connectivity index (χ0) is 16.3. The van der Waals surface area contributed by atoms with Crippen LogP contribution in [-0.2, 0) is 14.3 Å². The summed E-state index contributed by atoms with van der Waals surface area (Å²) in [6.45, 7) is 9.42. The largest absolute Gasteiger partial charge is 0.469 e. The van der Waals surface area contributed by atoms with Gasteiger partial charge in [0.05, 0.1) is 13.7 Å². The molecule has 1 amide bonds. The third-order valence-electron chi connectivity index (χ3n) is 3.22. The number of carbonyl (C=O) groups is 2. The first-order valence-electron chi connectivity index (χ1n) is 7.60. The van der Waals surface area contributed by atoms with Crippen LogP contribution in [-0.4, -0.2) is 56.6 Å². The Labute approximate surface area is 128 Å². The van der Waals surface area contributed by atoms with Crippen LogP contribution in [0.4, 0.5) is 0 Å². The van der Waals surface area contributed by atoms with Gasteiger partial charge in [-0.1, -0.05) is 20.8 Å². The summed E-state index contributed by atoms with van der Waals surface area (Å²) in [6.07, 6.45) is 1.92. The first kappa shape index (κ1) is 19.9. The third kappa shape index (κ3) is 10.3. The maximum Gasteiger partial charge on any atom is 0.305 e. The smallest absolute Gasteiger partial charge is 0.305 e. The fourth-order valence-corrected chi connectivity index (χ4v) is 2.02. The van der Waals surface area contributed by atoms with E-state index in [2.05, 4.69) is 35.7 Å². The molecule has 0 atom stereocenters. The first-order chi connectivity index (χ1) is 9.84. The summed E-state index contributed by atoms with van der Waals surface area (Å²) in [4.78, 5) is 25.0. The Bertz CT molecular complexity index is 319. The van der Waals surface area contributed by atoms with Crippen molar-refractivity contribution in [2.45, 2.75) is 40.0 Å². The van der Waals surface area contributed by atoms with Crippen LogP contribution >= 0.6 is 0 Å². The SMILES string of the molecule is CCCN(CC(=O)NCCCC(=O)OC)CC(C)(C)CN. The summed E-state index contributed by atoms with van der Waals surface area (Å²) in [5.41, 5.74) is 5.75. The Morgan fingerprint density at radius 1 is 1.33 bits per heavy atom. The summed E-state index contributed by atoms with van der Waals surface area (Å²) in [5.74, 6) is -0.261. The van der Waals surface area contributed by atoms with Crippen molar-refractivity contribution in [3.63, 3.8) is 0 Å². The molecule has 0 rings (SSSR count). The van der Waals surface area contributed by atoms with E-state index in [1.165, 1.54) is 7.11 Å². The molecule has 0 aliphatic carbocycles. The van der Waals surface area contributed by atoms with Crippen LogP contribution < -0.4 is 11.1 Å². The molecular weight excluding hydrogens is 270 g/mol. The Hall–Kier alpha value is -1.14. The number of nitrogens with two attached hydrogens (primary N) is 1. The van der Waals surface area contributed by atoms with E-state index in [1.807, 2.05) is 0 Å². The van der Waals surface area contributed by atoms with Crippen molar-refractivity contribution in [2.24, 2.45) is 11.1 Å². The standard InChI is InChI=1S/C15H31N3O3/c1-5-9-18(12-15(2,3)11-16)10-13(19)17-8-6-7-14(20)21-4/h5-12,16H2,1-4H3,(H,17,19). The second-order valence-electron chi connectivity index (χ2n) is 6.11. The molecule has 0 unspecified atom stereocenters. The molecule has 0 bridgehead atoms. The van der Waals surface area contributed by atoms with Crippen molar-refractivity contribution in [3.05, 3.63) is 0 Å². The number of nitrogens with zero attached hydrogens (tertiary/aromatic N) is 1. The Balaban J connectivity index is 4.08. The van der Waals surface area contributed by atoms with E-state index in [9.17, 15) is 9.59 Å². The highest BCUT2D eigenvalue weighted by atomic mass is 16.5. The van der Waals surface area contributed by atoms with E-state index in [1.54, 1.807) is 0 Å². The van der Waals surface area contributed by atoms with Gasteiger partial charge >= 0.3 is 5.97 Å². The van der Waals surface area contributed by atoms with Gasteiger partial charge in [-0.2, -0.15) is 0 Å². The predicted molar refractivity (Wildman–Crippen MR) is 83.8 cm³/mol. The Kier molecular flexibility index (Phi) is 9.99. The fraction of sp³-hybridized carbons (Fsp3) is 0.867. The van der Waals surface area contributed by atoms with E-state index in [0.717, 1.165) is 19.5 Å². The van der Waals surface area contributed by atoms with Gasteiger partial charge in [-0.3, -0.25) is 14.5 Å². The van der Waals surface area contributed by atoms with Gasteiger partial charge in [-0.15, -0.1) is 0 Å². The molecule has 0 aromatic carbocycles. The van der Waals surface area contributed by atoms with Gasteiger partial charge < -0.3 is 15.8 Å². The topological polar surface area (TPSA) is 84.7 Å². The van der Waals surface area contributed by atoms with E-state index in [0.29, 0.717) is 32.5 Å². The molecular formula is C15H31N3O3. The minimum atomic E-state index is -0.249. The number of carbonyl (C=O) groups excluding carboxylic acids is 2. The van der Waals surface area contributed by atoms with E-state index in [-0.39, 0.29) is 17.3 Å². The van der Waals surface area contributed by atoms with Crippen molar-refractivity contribution in [3.8, 4) is 0 Å². The van der Waals surface area contributed by atoms with Crippen molar-refractivity contribution >= 4 is 11.9 Å². The quantitative estimate of drug-likeness (QED) is 0.434. The minimum Gasteiger partial charge on any atom is -0.469 e. The van der Waals surface area contributed by atoms with Gasteiger partial charge in [0.2, 0.25) is 5.91 Å². The molecule has 21 heavy (non-hydrogen) atoms. The number of ether oxygens (including phenoxy) is 1. The molecule has 0 aliphatic heterocycles. The lowest BCUT2D eigenvalue weighted by atomic mass is 9.93. The first-order valence-corrected chi connectivity index (χ1v) is 7.60. The average molecular weight is 301 g/mol. The molecule has 0 heterocycles. The Morgan fingerprint density at radius 3 is 2.52 bits per heavy atom. The van der Waals surface area contributed by atoms with Gasteiger partial charge in [-0.05, 0) is 31.3 Å². The second-order valence-corrected chi connectivity index (χ2v) is 6.11. The molecule has 0 aromatic rings. The maximum atomic E-state index is 11.9. The van der Waals surface area contributed by atoms with Gasteiger partial charge in [-0.25, -0.2) is 0 Å². The van der Waals surface area contributed by atoms with Crippen molar-refractivity contribution in [2.75, 3.05) is 39.8 Å². The highest BCUT2D eigenvalue weighted by Crippen LogP contribution is 2.14. The number of methoxy groups -OCH3 is 1. The molecule has 124 valence electrons. The number of hydrogen-bond acceptors (Lipinski definition) is 5. The van der Waals surface area contributed by atoms with Crippen molar-refractivity contribution < 1.29 is 14.3 Å². The molecule has 0 saturated heterocycles. The normalized spacial score (nSPS) is 11.5. The zero-order valence-corrected chi connectivity index (χ0v) is 13.9. The van der Waals surface area contributed by atoms with Gasteiger partial charge in [0.15, 0.2) is 0 Å². The monoisotopic (exact) mass is 301 g/mol. The molecule has 0 saturated carbocycles. The molecule has 3 N–H and O–H groups in total. The van der Waals surface area contributed by atoms with E-state index >= 15 is 0 Å². The molecule has 0 fully saturated rings. The molecule has 6 nitrogen and oxygen atoms in total. The lowest BCUT2D eigenvalue weighted by Gasteiger charge is -2.31. The van der Waals surface area contributed by atoms with Crippen LogP contribution in [0.25, 0.3) is 0 Å². The average Bonchev–Trinajstić information content (AvgIpc) is 2.43. The van der Waals surface area contributed by atoms with Crippen LogP contribution in [0.1, 0.15) is 40.0 Å². The highest BCUT2D eigenvalue weighted by Gasteiger charge is 2.21. The summed E-state index contributed by atoms with van der Waals surface area (Å²) in [7, 11) is 1.36. The zero-order valence-electron chi connectivity index (χ0n) is 13.9. The molecule has 6 heteroatoms. The van der Waals surface area contributed by atoms with Crippen LogP contribution in [0.15, 0.2) is 0 Å². The van der Waals surface area contributed by atoms with Crippen LogP contribution in [0, 0.1) is 5.41 Å². The molecule has 0 spiro atoms. The number of hydrogen-bond donors (Lipinski definition) is 2.